The van der Waals surface area contributed by atoms with Crippen molar-refractivity contribution in [3.8, 4) is 0 Å². The lowest BCUT2D eigenvalue weighted by atomic mass is 10.2. The summed E-state index contributed by atoms with van der Waals surface area (Å²) in [5, 5.41) is 0. The molecule has 4 nitrogen and oxygen atoms in total. The monoisotopic (exact) mass is 328 g/mol. The summed E-state index contributed by atoms with van der Waals surface area (Å²) in [5.74, 6) is 0. The van der Waals surface area contributed by atoms with Crippen LogP contribution < -0.4 is 10.5 Å². The van der Waals surface area contributed by atoms with Gasteiger partial charge in [-0.1, -0.05) is 6.07 Å². The van der Waals surface area contributed by atoms with Crippen molar-refractivity contribution in [2.45, 2.75) is 17.9 Å². The third-order valence-electron chi connectivity index (χ3n) is 1.95. The molecule has 96 valence electrons. The van der Waals surface area contributed by atoms with E-state index in [1.54, 1.807) is 6.07 Å². The summed E-state index contributed by atoms with van der Waals surface area (Å²) in [6.07, 6.45) is -2.73. The zero-order valence-electron chi connectivity index (χ0n) is 8.66. The molecule has 1 rings (SSSR count). The highest BCUT2D eigenvalue weighted by Gasteiger charge is 2.19. The SMILES string of the molecule is NCc1ccc(Br)c(S(=O)(=O)NCC(F)F)c1. The molecule has 0 heterocycles. The molecule has 0 saturated heterocycles. The van der Waals surface area contributed by atoms with Gasteiger partial charge in [-0.2, -0.15) is 0 Å². The van der Waals surface area contributed by atoms with Crippen molar-refractivity contribution in [3.63, 3.8) is 0 Å². The van der Waals surface area contributed by atoms with Gasteiger partial charge in [-0.15, -0.1) is 0 Å². The summed E-state index contributed by atoms with van der Waals surface area (Å²) >= 11 is 3.05. The van der Waals surface area contributed by atoms with Gasteiger partial charge in [0.2, 0.25) is 10.0 Å². The van der Waals surface area contributed by atoms with E-state index in [1.165, 1.54) is 12.1 Å². The van der Waals surface area contributed by atoms with Crippen LogP contribution in [0, 0.1) is 0 Å². The Morgan fingerprint density at radius 1 is 1.41 bits per heavy atom. The van der Waals surface area contributed by atoms with Gasteiger partial charge < -0.3 is 5.73 Å². The number of nitrogens with two attached hydrogens (primary N) is 1. The Morgan fingerprint density at radius 3 is 2.59 bits per heavy atom. The van der Waals surface area contributed by atoms with E-state index >= 15 is 0 Å². The first-order valence-corrected chi connectivity index (χ1v) is 6.90. The molecule has 17 heavy (non-hydrogen) atoms. The Kier molecular flexibility index (Phi) is 4.99. The van der Waals surface area contributed by atoms with Crippen LogP contribution in [0.15, 0.2) is 27.6 Å². The van der Waals surface area contributed by atoms with Crippen molar-refractivity contribution >= 4 is 26.0 Å². The van der Waals surface area contributed by atoms with Gasteiger partial charge in [0.15, 0.2) is 0 Å². The summed E-state index contributed by atoms with van der Waals surface area (Å²) in [6.45, 7) is -0.744. The van der Waals surface area contributed by atoms with Crippen LogP contribution in [0.5, 0.6) is 0 Å². The van der Waals surface area contributed by atoms with Crippen LogP contribution in [0.1, 0.15) is 5.56 Å². The molecule has 0 unspecified atom stereocenters. The average molecular weight is 329 g/mol. The zero-order valence-corrected chi connectivity index (χ0v) is 11.1. The Labute approximate surface area is 106 Å². The minimum Gasteiger partial charge on any atom is -0.326 e. The summed E-state index contributed by atoms with van der Waals surface area (Å²) < 4.78 is 49.5. The molecular formula is C9H11BrF2N2O2S. The maximum absolute atomic E-state index is 12.0. The summed E-state index contributed by atoms with van der Waals surface area (Å²) in [6, 6.07) is 4.51. The number of sulfonamides is 1. The lowest BCUT2D eigenvalue weighted by Crippen LogP contribution is -2.29. The quantitative estimate of drug-likeness (QED) is 0.859. The molecule has 8 heteroatoms. The Hall–Kier alpha value is -0.570. The molecule has 0 aliphatic carbocycles. The molecule has 0 fully saturated rings. The number of rotatable bonds is 5. The van der Waals surface area contributed by atoms with Crippen molar-refractivity contribution in [3.05, 3.63) is 28.2 Å². The van der Waals surface area contributed by atoms with E-state index in [4.69, 9.17) is 5.73 Å². The van der Waals surface area contributed by atoms with Crippen molar-refractivity contribution in [2.24, 2.45) is 5.73 Å². The van der Waals surface area contributed by atoms with Crippen LogP contribution in [0.4, 0.5) is 8.78 Å². The predicted molar refractivity (Wildman–Crippen MR) is 63.2 cm³/mol. The number of nitrogens with one attached hydrogen (secondary N) is 1. The van der Waals surface area contributed by atoms with Crippen molar-refractivity contribution in [2.75, 3.05) is 6.54 Å². The molecule has 3 N–H and O–H groups in total. The van der Waals surface area contributed by atoms with E-state index in [0.717, 1.165) is 0 Å². The van der Waals surface area contributed by atoms with Gasteiger partial charge in [-0.3, -0.25) is 0 Å². The lowest BCUT2D eigenvalue weighted by Gasteiger charge is -2.09. The first-order valence-electron chi connectivity index (χ1n) is 4.63. The van der Waals surface area contributed by atoms with Crippen LogP contribution in [0.25, 0.3) is 0 Å². The maximum Gasteiger partial charge on any atom is 0.251 e. The predicted octanol–water partition coefficient (Wildman–Crippen LogP) is 1.45. The van der Waals surface area contributed by atoms with Crippen LogP contribution in [0.2, 0.25) is 0 Å². The first-order chi connectivity index (χ1) is 7.86. The van der Waals surface area contributed by atoms with Crippen molar-refractivity contribution in [1.82, 2.24) is 4.72 Å². The first kappa shape index (κ1) is 14.5. The second-order valence-corrected chi connectivity index (χ2v) is 5.80. The minimum atomic E-state index is -3.95. The van der Waals surface area contributed by atoms with E-state index < -0.39 is 23.0 Å². The molecule has 0 aromatic heterocycles. The number of halogens is 3. The molecule has 0 atom stereocenters. The molecule has 0 radical (unpaired) electrons. The summed E-state index contributed by atoms with van der Waals surface area (Å²) in [7, 11) is -3.95. The number of alkyl halides is 2. The molecule has 0 aliphatic heterocycles. The smallest absolute Gasteiger partial charge is 0.251 e. The van der Waals surface area contributed by atoms with Crippen LogP contribution in [-0.4, -0.2) is 21.4 Å². The fourth-order valence-corrected chi connectivity index (χ4v) is 3.15. The third-order valence-corrected chi connectivity index (χ3v) is 4.37. The molecule has 0 amide bonds. The second-order valence-electron chi connectivity index (χ2n) is 3.21. The van der Waals surface area contributed by atoms with E-state index in [2.05, 4.69) is 15.9 Å². The molecule has 0 bridgehead atoms. The van der Waals surface area contributed by atoms with E-state index in [-0.39, 0.29) is 11.4 Å². The lowest BCUT2D eigenvalue weighted by molar-refractivity contribution is 0.153. The van der Waals surface area contributed by atoms with Gasteiger partial charge in [0.25, 0.3) is 6.43 Å². The molecule has 0 aliphatic rings. The second kappa shape index (κ2) is 5.85. The largest absolute Gasteiger partial charge is 0.326 e. The van der Waals surface area contributed by atoms with E-state index in [0.29, 0.717) is 10.0 Å². The van der Waals surface area contributed by atoms with Gasteiger partial charge in [0.1, 0.15) is 0 Å². The fraction of sp³-hybridized carbons (Fsp3) is 0.333. The minimum absolute atomic E-state index is 0.0962. The molecule has 1 aromatic rings. The average Bonchev–Trinajstić information content (AvgIpc) is 2.27. The molecular weight excluding hydrogens is 318 g/mol. The topological polar surface area (TPSA) is 72.2 Å². The van der Waals surface area contributed by atoms with Crippen LogP contribution >= 0.6 is 15.9 Å². The highest BCUT2D eigenvalue weighted by Crippen LogP contribution is 2.23. The summed E-state index contributed by atoms with van der Waals surface area (Å²) in [4.78, 5) is -0.0962. The maximum atomic E-state index is 12.0. The molecule has 0 spiro atoms. The van der Waals surface area contributed by atoms with Gasteiger partial charge in [-0.05, 0) is 33.6 Å². The van der Waals surface area contributed by atoms with Gasteiger partial charge in [0, 0.05) is 11.0 Å². The zero-order chi connectivity index (χ0) is 13.1. The fourth-order valence-electron chi connectivity index (χ4n) is 1.13. The number of hydrogen-bond donors (Lipinski definition) is 2. The molecule has 0 saturated carbocycles. The Morgan fingerprint density at radius 2 is 2.06 bits per heavy atom. The highest BCUT2D eigenvalue weighted by molar-refractivity contribution is 9.10. The van der Waals surface area contributed by atoms with Crippen LogP contribution in [-0.2, 0) is 16.6 Å². The van der Waals surface area contributed by atoms with Crippen molar-refractivity contribution < 1.29 is 17.2 Å². The molecule has 1 aromatic carbocycles. The normalized spacial score (nSPS) is 12.1. The van der Waals surface area contributed by atoms with Gasteiger partial charge >= 0.3 is 0 Å². The van der Waals surface area contributed by atoms with Gasteiger partial charge in [0.05, 0.1) is 11.4 Å². The van der Waals surface area contributed by atoms with Crippen molar-refractivity contribution in [1.29, 1.82) is 0 Å². The number of hydrogen-bond acceptors (Lipinski definition) is 3. The van der Waals surface area contributed by atoms with E-state index in [1.807, 2.05) is 4.72 Å². The van der Waals surface area contributed by atoms with Crippen LogP contribution in [0.3, 0.4) is 0 Å². The van der Waals surface area contributed by atoms with E-state index in [9.17, 15) is 17.2 Å². The third kappa shape index (κ3) is 3.98. The summed E-state index contributed by atoms with van der Waals surface area (Å²) in [5.41, 5.74) is 5.99. The standard InChI is InChI=1S/C9H11BrF2N2O2S/c10-7-2-1-6(4-13)3-8(7)17(15,16)14-5-9(11)12/h1-3,9,14H,4-5,13H2. The number of benzene rings is 1. The Balaban J connectivity index is 3.05. The Bertz CT molecular complexity index is 494. The van der Waals surface area contributed by atoms with Gasteiger partial charge in [-0.25, -0.2) is 21.9 Å². The highest BCUT2D eigenvalue weighted by atomic mass is 79.9.